The Labute approximate surface area is 227 Å². The molecule has 1 aliphatic heterocycles. The van der Waals surface area contributed by atoms with Gasteiger partial charge in [0.2, 0.25) is 0 Å². The van der Waals surface area contributed by atoms with E-state index in [2.05, 4.69) is 0 Å². The van der Waals surface area contributed by atoms with Crippen LogP contribution in [0.25, 0.3) is 11.1 Å². The van der Waals surface area contributed by atoms with Crippen LogP contribution in [0.4, 0.5) is 13.2 Å². The smallest absolute Gasteiger partial charge is 0.416 e. The summed E-state index contributed by atoms with van der Waals surface area (Å²) in [5.74, 6) is -0.600. The van der Waals surface area contributed by atoms with E-state index in [0.29, 0.717) is 22.6 Å². The third kappa shape index (κ3) is 5.63. The van der Waals surface area contributed by atoms with Crippen LogP contribution in [0.5, 0.6) is 23.0 Å². The van der Waals surface area contributed by atoms with Crippen molar-refractivity contribution >= 4 is 11.9 Å². The summed E-state index contributed by atoms with van der Waals surface area (Å²) in [7, 11) is 0. The van der Waals surface area contributed by atoms with Crippen molar-refractivity contribution in [3.63, 3.8) is 0 Å². The van der Waals surface area contributed by atoms with Crippen molar-refractivity contribution in [3.8, 4) is 34.1 Å². The summed E-state index contributed by atoms with van der Waals surface area (Å²) in [6, 6.07) is 20.3. The first-order chi connectivity index (χ1) is 19.1. The van der Waals surface area contributed by atoms with E-state index in [1.165, 1.54) is 6.07 Å². The molecule has 0 amide bonds. The van der Waals surface area contributed by atoms with E-state index in [0.717, 1.165) is 29.8 Å². The van der Waals surface area contributed by atoms with E-state index < -0.39 is 23.7 Å². The fraction of sp³-hybridized carbons (Fsp3) is 0.161. The monoisotopic (exact) mass is 548 g/mol. The van der Waals surface area contributed by atoms with Gasteiger partial charge in [-0.25, -0.2) is 9.59 Å². The Kier molecular flexibility index (Phi) is 7.21. The van der Waals surface area contributed by atoms with Crippen molar-refractivity contribution in [2.24, 2.45) is 0 Å². The highest BCUT2D eigenvalue weighted by atomic mass is 19.4. The minimum Gasteiger partial charge on any atom is -0.489 e. The van der Waals surface area contributed by atoms with Crippen LogP contribution in [0.2, 0.25) is 0 Å². The number of carbonyl (C=O) groups is 2. The molecule has 6 nitrogen and oxygen atoms in total. The second kappa shape index (κ2) is 10.8. The largest absolute Gasteiger partial charge is 0.489 e. The fourth-order valence-electron chi connectivity index (χ4n) is 4.16. The van der Waals surface area contributed by atoms with Gasteiger partial charge in [0.25, 0.3) is 0 Å². The molecular formula is C31H23F3O6. The number of ether oxygens (including phenoxy) is 4. The number of benzene rings is 4. The normalized spacial score (nSPS) is 14.4. The second-order valence-corrected chi connectivity index (χ2v) is 9.22. The molecule has 0 fully saturated rings. The van der Waals surface area contributed by atoms with E-state index in [4.69, 9.17) is 18.9 Å². The molecule has 5 rings (SSSR count). The molecule has 0 aliphatic carbocycles. The van der Waals surface area contributed by atoms with Crippen molar-refractivity contribution < 1.29 is 41.7 Å². The first kappa shape index (κ1) is 26.8. The number of esters is 2. The van der Waals surface area contributed by atoms with Gasteiger partial charge in [-0.1, -0.05) is 29.8 Å². The molecule has 1 atom stereocenters. The molecule has 4 aromatic carbocycles. The standard InChI is InChI=1S/C31H23F3O6/c1-18-9-11-20(12-10-18)29(35)39-25-7-3-5-23-27(25)28-24(38-19(2)17-37-23)6-4-8-26(28)40-30(36)21-13-15-22(16-14-21)31(32,33)34/h3-16,19H,17H2,1-2H3/t19-/m1/s1. The predicted molar refractivity (Wildman–Crippen MR) is 140 cm³/mol. The van der Waals surface area contributed by atoms with E-state index >= 15 is 0 Å². The highest BCUT2D eigenvalue weighted by molar-refractivity contribution is 5.96. The van der Waals surface area contributed by atoms with E-state index in [1.54, 1.807) is 61.5 Å². The van der Waals surface area contributed by atoms with Crippen LogP contribution in [0.15, 0.2) is 84.9 Å². The highest BCUT2D eigenvalue weighted by Crippen LogP contribution is 2.49. The minimum atomic E-state index is -4.54. The molecule has 0 N–H and O–H groups in total. The number of halogens is 3. The predicted octanol–water partition coefficient (Wildman–Crippen LogP) is 7.28. The van der Waals surface area contributed by atoms with Gasteiger partial charge < -0.3 is 18.9 Å². The van der Waals surface area contributed by atoms with Gasteiger partial charge in [0, 0.05) is 0 Å². The summed E-state index contributed by atoms with van der Waals surface area (Å²) in [4.78, 5) is 26.0. The third-order valence-corrected chi connectivity index (χ3v) is 6.17. The average molecular weight is 549 g/mol. The lowest BCUT2D eigenvalue weighted by Crippen LogP contribution is -2.23. The third-order valence-electron chi connectivity index (χ3n) is 6.17. The number of fused-ring (bicyclic) bond motifs is 3. The molecule has 204 valence electrons. The number of hydrogen-bond acceptors (Lipinski definition) is 6. The second-order valence-electron chi connectivity index (χ2n) is 9.22. The van der Waals surface area contributed by atoms with Gasteiger partial charge in [0.05, 0.1) is 27.8 Å². The van der Waals surface area contributed by atoms with E-state index in [9.17, 15) is 22.8 Å². The van der Waals surface area contributed by atoms with Crippen LogP contribution < -0.4 is 18.9 Å². The Bertz CT molecular complexity index is 1560. The van der Waals surface area contributed by atoms with Crippen molar-refractivity contribution in [3.05, 3.63) is 107 Å². The van der Waals surface area contributed by atoms with Crippen LogP contribution >= 0.6 is 0 Å². The Hall–Kier alpha value is -4.79. The van der Waals surface area contributed by atoms with Gasteiger partial charge in [0.15, 0.2) is 0 Å². The Morgan fingerprint density at radius 1 is 0.750 bits per heavy atom. The van der Waals surface area contributed by atoms with Gasteiger partial charge in [-0.05, 0) is 74.5 Å². The zero-order chi connectivity index (χ0) is 28.4. The first-order valence-corrected chi connectivity index (χ1v) is 12.3. The molecule has 0 aromatic heterocycles. The quantitative estimate of drug-likeness (QED) is 0.197. The van der Waals surface area contributed by atoms with Crippen LogP contribution in [0.1, 0.15) is 38.8 Å². The van der Waals surface area contributed by atoms with E-state index in [-0.39, 0.29) is 35.3 Å². The fourth-order valence-corrected chi connectivity index (χ4v) is 4.16. The van der Waals surface area contributed by atoms with E-state index in [1.807, 2.05) is 6.92 Å². The molecule has 0 radical (unpaired) electrons. The molecular weight excluding hydrogens is 525 g/mol. The zero-order valence-electron chi connectivity index (χ0n) is 21.5. The summed E-state index contributed by atoms with van der Waals surface area (Å²) >= 11 is 0. The summed E-state index contributed by atoms with van der Waals surface area (Å²) in [6.07, 6.45) is -4.92. The number of rotatable bonds is 4. The van der Waals surface area contributed by atoms with Crippen LogP contribution in [-0.4, -0.2) is 24.6 Å². The molecule has 1 aliphatic rings. The number of carbonyl (C=O) groups excluding carboxylic acids is 2. The SMILES string of the molecule is Cc1ccc(C(=O)Oc2cccc3c2-c2c(OC(=O)c4ccc(C(F)(F)F)cc4)cccc2O[C@H](C)CO3)cc1. The summed E-state index contributed by atoms with van der Waals surface area (Å²) < 4.78 is 62.4. The van der Waals surface area contributed by atoms with Crippen molar-refractivity contribution in [2.75, 3.05) is 6.61 Å². The van der Waals surface area contributed by atoms with Crippen molar-refractivity contribution in [2.45, 2.75) is 26.1 Å². The van der Waals surface area contributed by atoms with Gasteiger partial charge >= 0.3 is 18.1 Å². The Morgan fingerprint density at radius 2 is 1.25 bits per heavy atom. The van der Waals surface area contributed by atoms with Crippen LogP contribution in [0.3, 0.4) is 0 Å². The maximum atomic E-state index is 13.0. The first-order valence-electron chi connectivity index (χ1n) is 12.3. The maximum Gasteiger partial charge on any atom is 0.416 e. The molecule has 1 heterocycles. The van der Waals surface area contributed by atoms with Crippen molar-refractivity contribution in [1.29, 1.82) is 0 Å². The average Bonchev–Trinajstić information content (AvgIpc) is 2.91. The number of hydrogen-bond donors (Lipinski definition) is 0. The molecule has 4 aromatic rings. The topological polar surface area (TPSA) is 71.1 Å². The molecule has 0 unspecified atom stereocenters. The van der Waals surface area contributed by atoms with Crippen molar-refractivity contribution in [1.82, 2.24) is 0 Å². The number of aryl methyl sites for hydroxylation is 1. The van der Waals surface area contributed by atoms with Gasteiger partial charge in [-0.15, -0.1) is 0 Å². The zero-order valence-corrected chi connectivity index (χ0v) is 21.5. The molecule has 0 spiro atoms. The lowest BCUT2D eigenvalue weighted by Gasteiger charge is -2.26. The molecule has 40 heavy (non-hydrogen) atoms. The maximum absolute atomic E-state index is 13.0. The van der Waals surface area contributed by atoms with Gasteiger partial charge in [0.1, 0.15) is 35.7 Å². The summed E-state index contributed by atoms with van der Waals surface area (Å²) in [5.41, 5.74) is 0.956. The Balaban J connectivity index is 1.56. The van der Waals surface area contributed by atoms with Crippen LogP contribution in [0, 0.1) is 6.92 Å². The molecule has 0 saturated carbocycles. The molecule has 9 heteroatoms. The molecule has 0 saturated heterocycles. The Morgan fingerprint density at radius 3 is 1.80 bits per heavy atom. The lowest BCUT2D eigenvalue weighted by molar-refractivity contribution is -0.137. The van der Waals surface area contributed by atoms with Gasteiger partial charge in [-0.2, -0.15) is 13.2 Å². The lowest BCUT2D eigenvalue weighted by atomic mass is 10.00. The molecule has 0 bridgehead atoms. The highest BCUT2D eigenvalue weighted by Gasteiger charge is 2.31. The van der Waals surface area contributed by atoms with Crippen LogP contribution in [-0.2, 0) is 6.18 Å². The van der Waals surface area contributed by atoms with Gasteiger partial charge in [-0.3, -0.25) is 0 Å². The summed E-state index contributed by atoms with van der Waals surface area (Å²) in [5, 5.41) is 0. The summed E-state index contributed by atoms with van der Waals surface area (Å²) in [6.45, 7) is 3.90. The number of alkyl halides is 3. The minimum absolute atomic E-state index is 0.0418.